The standard InChI is InChI=1S/C21H17N3O3/c25-12-13-2-1-3-16(10-13)14-4-6-15(7-5-14)20-22-18-9-8-17(21(26)24-27)11-19(18)23-20/h1-11,25,27H,12H2,(H,22,23)(H,24,26). The maximum Gasteiger partial charge on any atom is 0.274 e. The van der Waals surface area contributed by atoms with E-state index in [0.717, 1.165) is 27.8 Å². The maximum atomic E-state index is 11.5. The van der Waals surface area contributed by atoms with Gasteiger partial charge in [-0.25, -0.2) is 10.5 Å². The second-order valence-electron chi connectivity index (χ2n) is 6.19. The lowest BCUT2D eigenvalue weighted by atomic mass is 10.0. The number of hydrogen-bond donors (Lipinski definition) is 4. The fourth-order valence-corrected chi connectivity index (χ4v) is 3.02. The number of hydrogen-bond acceptors (Lipinski definition) is 4. The molecule has 0 unspecified atom stereocenters. The summed E-state index contributed by atoms with van der Waals surface area (Å²) in [5.74, 6) is 0.129. The average Bonchev–Trinajstić information content (AvgIpc) is 3.16. The zero-order valence-corrected chi connectivity index (χ0v) is 14.3. The normalized spacial score (nSPS) is 10.9. The summed E-state index contributed by atoms with van der Waals surface area (Å²) in [6, 6.07) is 20.7. The fourth-order valence-electron chi connectivity index (χ4n) is 3.02. The van der Waals surface area contributed by atoms with Crippen molar-refractivity contribution < 1.29 is 15.1 Å². The Labute approximate surface area is 155 Å². The SMILES string of the molecule is O=C(NO)c1ccc2nc(-c3ccc(-c4cccc(CO)c4)cc3)[nH]c2c1. The second-order valence-corrected chi connectivity index (χ2v) is 6.19. The van der Waals surface area contributed by atoms with Crippen molar-refractivity contribution >= 4 is 16.9 Å². The van der Waals surface area contributed by atoms with Gasteiger partial charge in [0.15, 0.2) is 0 Å². The molecule has 1 heterocycles. The summed E-state index contributed by atoms with van der Waals surface area (Å²) in [6.45, 7) is 0.0151. The first kappa shape index (κ1) is 17.0. The summed E-state index contributed by atoms with van der Waals surface area (Å²) in [5, 5.41) is 18.0. The molecular formula is C21H17N3O3. The van der Waals surface area contributed by atoms with Gasteiger partial charge in [0.2, 0.25) is 0 Å². The number of benzene rings is 3. The molecule has 3 aromatic carbocycles. The fraction of sp³-hybridized carbons (Fsp3) is 0.0476. The summed E-state index contributed by atoms with van der Waals surface area (Å²) < 4.78 is 0. The van der Waals surface area contributed by atoms with E-state index in [1.54, 1.807) is 23.7 Å². The third-order valence-electron chi connectivity index (χ3n) is 4.45. The molecule has 0 saturated carbocycles. The molecule has 0 bridgehead atoms. The van der Waals surface area contributed by atoms with E-state index in [9.17, 15) is 9.90 Å². The van der Waals surface area contributed by atoms with E-state index >= 15 is 0 Å². The van der Waals surface area contributed by atoms with Gasteiger partial charge in [-0.2, -0.15) is 0 Å². The molecule has 6 nitrogen and oxygen atoms in total. The number of imidazole rings is 1. The summed E-state index contributed by atoms with van der Waals surface area (Å²) in [6.07, 6.45) is 0. The topological polar surface area (TPSA) is 98.2 Å². The molecule has 4 N–H and O–H groups in total. The number of rotatable bonds is 4. The molecule has 4 rings (SSSR count). The van der Waals surface area contributed by atoms with Crippen LogP contribution in [0.25, 0.3) is 33.5 Å². The number of aromatic nitrogens is 2. The van der Waals surface area contributed by atoms with E-state index in [1.807, 2.05) is 48.5 Å². The average molecular weight is 359 g/mol. The highest BCUT2D eigenvalue weighted by Crippen LogP contribution is 2.26. The number of H-pyrrole nitrogens is 1. The number of nitrogens with one attached hydrogen (secondary N) is 2. The number of aliphatic hydroxyl groups excluding tert-OH is 1. The van der Waals surface area contributed by atoms with Crippen molar-refractivity contribution in [3.63, 3.8) is 0 Å². The Bertz CT molecular complexity index is 1120. The van der Waals surface area contributed by atoms with Crippen LogP contribution in [-0.4, -0.2) is 26.2 Å². The lowest BCUT2D eigenvalue weighted by molar-refractivity contribution is 0.0706. The van der Waals surface area contributed by atoms with Crippen LogP contribution < -0.4 is 5.48 Å². The quantitative estimate of drug-likeness (QED) is 0.331. The van der Waals surface area contributed by atoms with Gasteiger partial charge in [0, 0.05) is 11.1 Å². The molecule has 0 radical (unpaired) electrons. The lowest BCUT2D eigenvalue weighted by Gasteiger charge is -2.05. The molecule has 27 heavy (non-hydrogen) atoms. The Kier molecular flexibility index (Phi) is 4.42. The van der Waals surface area contributed by atoms with Crippen molar-refractivity contribution in [1.82, 2.24) is 15.4 Å². The predicted molar refractivity (Wildman–Crippen MR) is 102 cm³/mol. The molecule has 1 aromatic heterocycles. The second kappa shape index (κ2) is 7.03. The van der Waals surface area contributed by atoms with Crippen LogP contribution in [0.15, 0.2) is 66.7 Å². The van der Waals surface area contributed by atoms with Gasteiger partial charge in [-0.3, -0.25) is 10.0 Å². The van der Waals surface area contributed by atoms with Gasteiger partial charge in [-0.05, 0) is 41.0 Å². The minimum Gasteiger partial charge on any atom is -0.392 e. The molecule has 0 spiro atoms. The summed E-state index contributed by atoms with van der Waals surface area (Å²) in [5.41, 5.74) is 7.30. The molecule has 0 aliphatic rings. The predicted octanol–water partition coefficient (Wildman–Crippen LogP) is 3.51. The van der Waals surface area contributed by atoms with Crippen molar-refractivity contribution in [3.8, 4) is 22.5 Å². The molecule has 6 heteroatoms. The molecule has 0 atom stereocenters. The zero-order chi connectivity index (χ0) is 18.8. The molecular weight excluding hydrogens is 342 g/mol. The number of aromatic amines is 1. The monoisotopic (exact) mass is 359 g/mol. The molecule has 134 valence electrons. The minimum absolute atomic E-state index is 0.0151. The van der Waals surface area contributed by atoms with Gasteiger partial charge in [0.1, 0.15) is 5.82 Å². The van der Waals surface area contributed by atoms with Crippen LogP contribution in [0, 0.1) is 0 Å². The number of hydroxylamine groups is 1. The Morgan fingerprint density at radius 3 is 2.48 bits per heavy atom. The van der Waals surface area contributed by atoms with Gasteiger partial charge in [0.25, 0.3) is 5.91 Å². The van der Waals surface area contributed by atoms with Gasteiger partial charge in [-0.15, -0.1) is 0 Å². The first-order chi connectivity index (χ1) is 13.2. The van der Waals surface area contributed by atoms with Crippen LogP contribution in [0.1, 0.15) is 15.9 Å². The van der Waals surface area contributed by atoms with E-state index in [0.29, 0.717) is 16.9 Å². The van der Waals surface area contributed by atoms with Crippen molar-refractivity contribution in [3.05, 3.63) is 77.9 Å². The number of fused-ring (bicyclic) bond motifs is 1. The van der Waals surface area contributed by atoms with E-state index in [2.05, 4.69) is 9.97 Å². The molecule has 0 aliphatic heterocycles. The Hall–Kier alpha value is -3.48. The largest absolute Gasteiger partial charge is 0.392 e. The maximum absolute atomic E-state index is 11.5. The van der Waals surface area contributed by atoms with E-state index in [-0.39, 0.29) is 6.61 Å². The number of carbonyl (C=O) groups is 1. The highest BCUT2D eigenvalue weighted by atomic mass is 16.5. The number of nitrogens with zero attached hydrogens (tertiary/aromatic N) is 1. The summed E-state index contributed by atoms with van der Waals surface area (Å²) in [7, 11) is 0. The van der Waals surface area contributed by atoms with Crippen molar-refractivity contribution in [2.24, 2.45) is 0 Å². The van der Waals surface area contributed by atoms with Crippen LogP contribution in [0.3, 0.4) is 0 Å². The number of aliphatic hydroxyl groups is 1. The summed E-state index contributed by atoms with van der Waals surface area (Å²) in [4.78, 5) is 19.3. The third kappa shape index (κ3) is 3.31. The smallest absolute Gasteiger partial charge is 0.274 e. The number of amides is 1. The van der Waals surface area contributed by atoms with E-state index in [1.165, 1.54) is 0 Å². The third-order valence-corrected chi connectivity index (χ3v) is 4.45. The Balaban J connectivity index is 1.66. The van der Waals surface area contributed by atoms with Crippen LogP contribution >= 0.6 is 0 Å². The van der Waals surface area contributed by atoms with Gasteiger partial charge >= 0.3 is 0 Å². The van der Waals surface area contributed by atoms with Crippen molar-refractivity contribution in [1.29, 1.82) is 0 Å². The number of carbonyl (C=O) groups excluding carboxylic acids is 1. The summed E-state index contributed by atoms with van der Waals surface area (Å²) >= 11 is 0. The van der Waals surface area contributed by atoms with Crippen molar-refractivity contribution in [2.45, 2.75) is 6.61 Å². The molecule has 0 fully saturated rings. The highest BCUT2D eigenvalue weighted by molar-refractivity contribution is 5.97. The first-order valence-electron chi connectivity index (χ1n) is 8.43. The van der Waals surface area contributed by atoms with E-state index in [4.69, 9.17) is 5.21 Å². The van der Waals surface area contributed by atoms with Gasteiger partial charge in [0.05, 0.1) is 17.6 Å². The van der Waals surface area contributed by atoms with E-state index < -0.39 is 5.91 Å². The highest BCUT2D eigenvalue weighted by Gasteiger charge is 2.10. The van der Waals surface area contributed by atoms with Crippen LogP contribution in [-0.2, 0) is 6.61 Å². The molecule has 0 aliphatic carbocycles. The van der Waals surface area contributed by atoms with Crippen molar-refractivity contribution in [2.75, 3.05) is 0 Å². The zero-order valence-electron chi connectivity index (χ0n) is 14.3. The van der Waals surface area contributed by atoms with Crippen LogP contribution in [0.4, 0.5) is 0 Å². The van der Waals surface area contributed by atoms with Gasteiger partial charge in [-0.1, -0.05) is 42.5 Å². The van der Waals surface area contributed by atoms with Crippen LogP contribution in [0.2, 0.25) is 0 Å². The lowest BCUT2D eigenvalue weighted by Crippen LogP contribution is -2.18. The Morgan fingerprint density at radius 2 is 1.74 bits per heavy atom. The first-order valence-corrected chi connectivity index (χ1v) is 8.43. The molecule has 4 aromatic rings. The van der Waals surface area contributed by atoms with Gasteiger partial charge < -0.3 is 10.1 Å². The Morgan fingerprint density at radius 1 is 0.963 bits per heavy atom. The minimum atomic E-state index is -0.567. The molecule has 0 saturated heterocycles. The molecule has 1 amide bonds. The van der Waals surface area contributed by atoms with Crippen LogP contribution in [0.5, 0.6) is 0 Å².